The summed E-state index contributed by atoms with van der Waals surface area (Å²) in [6.07, 6.45) is 2.68. The van der Waals surface area contributed by atoms with Crippen LogP contribution < -0.4 is 9.64 Å². The lowest BCUT2D eigenvalue weighted by Gasteiger charge is -2.18. The van der Waals surface area contributed by atoms with E-state index in [0.717, 1.165) is 31.1 Å². The molecule has 0 amide bonds. The Bertz CT molecular complexity index is 583. The van der Waals surface area contributed by atoms with E-state index in [-0.39, 0.29) is 0 Å². The van der Waals surface area contributed by atoms with Crippen molar-refractivity contribution in [1.82, 2.24) is 4.98 Å². The maximum absolute atomic E-state index is 5.85. The highest BCUT2D eigenvalue weighted by atomic mass is 35.5. The molecule has 4 heteroatoms. The monoisotopic (exact) mass is 274 g/mol. The fraction of sp³-hybridized carbons (Fsp3) is 0.267. The van der Waals surface area contributed by atoms with Gasteiger partial charge >= 0.3 is 0 Å². The van der Waals surface area contributed by atoms with Gasteiger partial charge in [-0.25, -0.2) is 4.98 Å². The molecule has 1 aliphatic rings. The van der Waals surface area contributed by atoms with E-state index >= 15 is 0 Å². The maximum Gasteiger partial charge on any atom is 0.128 e. The van der Waals surface area contributed by atoms with Crippen LogP contribution in [-0.4, -0.2) is 18.6 Å². The molecule has 1 aromatic carbocycles. The number of rotatable bonds is 3. The lowest BCUT2D eigenvalue weighted by Crippen LogP contribution is -2.17. The van der Waals surface area contributed by atoms with E-state index in [1.807, 2.05) is 19.2 Å². The van der Waals surface area contributed by atoms with E-state index in [1.165, 1.54) is 11.1 Å². The third-order valence-electron chi connectivity index (χ3n) is 3.28. The number of aromatic nitrogens is 1. The van der Waals surface area contributed by atoms with Crippen LogP contribution in [0.2, 0.25) is 5.02 Å². The lowest BCUT2D eigenvalue weighted by atomic mass is 10.1. The first-order valence-corrected chi connectivity index (χ1v) is 6.67. The van der Waals surface area contributed by atoms with Crippen molar-refractivity contribution in [2.24, 2.45) is 0 Å². The van der Waals surface area contributed by atoms with Crippen LogP contribution in [0, 0.1) is 0 Å². The van der Waals surface area contributed by atoms with Crippen LogP contribution in [-0.2, 0) is 13.0 Å². The predicted molar refractivity (Wildman–Crippen MR) is 77.0 cm³/mol. The number of benzene rings is 1. The Labute approximate surface area is 117 Å². The maximum atomic E-state index is 5.85. The van der Waals surface area contributed by atoms with E-state index in [4.69, 9.17) is 16.3 Å². The molecule has 0 bridgehead atoms. The molecule has 0 saturated heterocycles. The van der Waals surface area contributed by atoms with E-state index < -0.39 is 0 Å². The molecule has 0 N–H and O–H groups in total. The van der Waals surface area contributed by atoms with Gasteiger partial charge in [0, 0.05) is 26.2 Å². The molecule has 0 radical (unpaired) electrons. The summed E-state index contributed by atoms with van der Waals surface area (Å²) in [7, 11) is 2.03. The number of hydrogen-bond donors (Lipinski definition) is 0. The van der Waals surface area contributed by atoms with Crippen molar-refractivity contribution in [3.8, 4) is 5.75 Å². The summed E-state index contributed by atoms with van der Waals surface area (Å²) in [5.74, 6) is 1.94. The highest BCUT2D eigenvalue weighted by Gasteiger charge is 2.12. The highest BCUT2D eigenvalue weighted by molar-refractivity contribution is 6.30. The Balaban J connectivity index is 1.75. The molecule has 0 fully saturated rings. The smallest absolute Gasteiger partial charge is 0.128 e. The molecule has 0 spiro atoms. The first kappa shape index (κ1) is 12.3. The topological polar surface area (TPSA) is 25.4 Å². The zero-order chi connectivity index (χ0) is 13.2. The SMILES string of the molecule is CN(Cc1ccc2c(c1)CCO2)c1ccc(Cl)cn1. The van der Waals surface area contributed by atoms with Crippen LogP contribution in [0.3, 0.4) is 0 Å². The van der Waals surface area contributed by atoms with Crippen molar-refractivity contribution in [2.45, 2.75) is 13.0 Å². The normalized spacial score (nSPS) is 12.9. The van der Waals surface area contributed by atoms with Gasteiger partial charge in [-0.05, 0) is 29.3 Å². The van der Waals surface area contributed by atoms with Crippen LogP contribution in [0.4, 0.5) is 5.82 Å². The van der Waals surface area contributed by atoms with Crippen molar-refractivity contribution in [2.75, 3.05) is 18.6 Å². The first-order valence-electron chi connectivity index (χ1n) is 6.30. The molecule has 1 aromatic heterocycles. The van der Waals surface area contributed by atoms with Crippen LogP contribution in [0.15, 0.2) is 36.5 Å². The summed E-state index contributed by atoms with van der Waals surface area (Å²) in [5.41, 5.74) is 2.57. The Kier molecular flexibility index (Phi) is 3.30. The van der Waals surface area contributed by atoms with Gasteiger partial charge in [-0.1, -0.05) is 23.7 Å². The lowest BCUT2D eigenvalue weighted by molar-refractivity contribution is 0.357. The van der Waals surface area contributed by atoms with Gasteiger partial charge in [0.1, 0.15) is 11.6 Å². The van der Waals surface area contributed by atoms with Crippen molar-refractivity contribution >= 4 is 17.4 Å². The van der Waals surface area contributed by atoms with Crippen LogP contribution in [0.25, 0.3) is 0 Å². The van der Waals surface area contributed by atoms with Gasteiger partial charge in [0.05, 0.1) is 11.6 Å². The predicted octanol–water partition coefficient (Wildman–Crippen LogP) is 3.31. The van der Waals surface area contributed by atoms with Crippen LogP contribution in [0.1, 0.15) is 11.1 Å². The summed E-state index contributed by atoms with van der Waals surface area (Å²) in [6.45, 7) is 1.62. The molecule has 98 valence electrons. The zero-order valence-electron chi connectivity index (χ0n) is 10.8. The highest BCUT2D eigenvalue weighted by Crippen LogP contribution is 2.26. The Hall–Kier alpha value is -1.74. The van der Waals surface area contributed by atoms with Crippen LogP contribution in [0.5, 0.6) is 5.75 Å². The number of pyridine rings is 1. The van der Waals surface area contributed by atoms with E-state index in [1.54, 1.807) is 6.20 Å². The third-order valence-corrected chi connectivity index (χ3v) is 3.50. The number of halogens is 1. The quantitative estimate of drug-likeness (QED) is 0.859. The van der Waals surface area contributed by atoms with E-state index in [9.17, 15) is 0 Å². The largest absolute Gasteiger partial charge is 0.493 e. The van der Waals surface area contributed by atoms with Crippen molar-refractivity contribution in [3.63, 3.8) is 0 Å². The minimum Gasteiger partial charge on any atom is -0.493 e. The second kappa shape index (κ2) is 5.10. The van der Waals surface area contributed by atoms with Gasteiger partial charge in [0.2, 0.25) is 0 Å². The molecule has 0 aliphatic carbocycles. The molecule has 3 nitrogen and oxygen atoms in total. The molecule has 2 heterocycles. The molecule has 0 unspecified atom stereocenters. The van der Waals surface area contributed by atoms with Gasteiger partial charge in [-0.15, -0.1) is 0 Å². The average molecular weight is 275 g/mol. The summed E-state index contributed by atoms with van der Waals surface area (Å²) in [4.78, 5) is 6.42. The zero-order valence-corrected chi connectivity index (χ0v) is 11.5. The van der Waals surface area contributed by atoms with E-state index in [2.05, 4.69) is 28.1 Å². The minimum atomic E-state index is 0.659. The molecule has 1 aliphatic heterocycles. The molecule has 2 aromatic rings. The number of ether oxygens (including phenoxy) is 1. The third kappa shape index (κ3) is 2.66. The fourth-order valence-corrected chi connectivity index (χ4v) is 2.40. The standard InChI is InChI=1S/C15H15ClN2O/c1-18(15-5-3-13(16)9-17-15)10-11-2-4-14-12(8-11)6-7-19-14/h2-5,8-9H,6-7,10H2,1H3. The molecule has 19 heavy (non-hydrogen) atoms. The molecular formula is C15H15ClN2O. The van der Waals surface area contributed by atoms with Gasteiger partial charge in [-0.3, -0.25) is 0 Å². The van der Waals surface area contributed by atoms with Gasteiger partial charge in [0.25, 0.3) is 0 Å². The summed E-state index contributed by atoms with van der Waals surface area (Å²) >= 11 is 5.85. The molecule has 0 saturated carbocycles. The van der Waals surface area contributed by atoms with E-state index in [0.29, 0.717) is 5.02 Å². The first-order chi connectivity index (χ1) is 9.22. The van der Waals surface area contributed by atoms with Crippen molar-refractivity contribution in [1.29, 1.82) is 0 Å². The molecular weight excluding hydrogens is 260 g/mol. The number of hydrogen-bond acceptors (Lipinski definition) is 3. The Morgan fingerprint density at radius 3 is 3.00 bits per heavy atom. The van der Waals surface area contributed by atoms with Gasteiger partial charge in [-0.2, -0.15) is 0 Å². The second-order valence-electron chi connectivity index (χ2n) is 4.73. The van der Waals surface area contributed by atoms with Crippen LogP contribution >= 0.6 is 11.6 Å². The summed E-state index contributed by atoms with van der Waals surface area (Å²) < 4.78 is 5.52. The fourth-order valence-electron chi connectivity index (χ4n) is 2.29. The van der Waals surface area contributed by atoms with Gasteiger partial charge in [0.15, 0.2) is 0 Å². The molecule has 0 atom stereocenters. The minimum absolute atomic E-state index is 0.659. The Morgan fingerprint density at radius 1 is 1.32 bits per heavy atom. The van der Waals surface area contributed by atoms with Crippen molar-refractivity contribution in [3.05, 3.63) is 52.7 Å². The number of fused-ring (bicyclic) bond motifs is 1. The van der Waals surface area contributed by atoms with Crippen molar-refractivity contribution < 1.29 is 4.74 Å². The second-order valence-corrected chi connectivity index (χ2v) is 5.17. The summed E-state index contributed by atoms with van der Waals surface area (Å²) in [5, 5.41) is 0.659. The summed E-state index contributed by atoms with van der Waals surface area (Å²) in [6, 6.07) is 10.2. The van der Waals surface area contributed by atoms with Gasteiger partial charge < -0.3 is 9.64 Å². The Morgan fingerprint density at radius 2 is 2.21 bits per heavy atom. The molecule has 3 rings (SSSR count). The number of nitrogens with zero attached hydrogens (tertiary/aromatic N) is 2. The number of anilines is 1. The average Bonchev–Trinajstić information content (AvgIpc) is 2.87.